The molecule has 186 valence electrons. The van der Waals surface area contributed by atoms with Crippen LogP contribution < -0.4 is 25.5 Å². The van der Waals surface area contributed by atoms with Crippen LogP contribution >= 0.6 is 0 Å². The number of aromatic nitrogens is 4. The number of hydrogen-bond donors (Lipinski definition) is 1. The molecule has 0 aliphatic carbocycles. The molecule has 0 unspecified atom stereocenters. The van der Waals surface area contributed by atoms with Crippen LogP contribution in [-0.4, -0.2) is 58.4 Å². The molecule has 3 heterocycles. The van der Waals surface area contributed by atoms with Gasteiger partial charge in [0.15, 0.2) is 5.65 Å². The van der Waals surface area contributed by atoms with E-state index in [1.165, 1.54) is 22.9 Å². The minimum atomic E-state index is -0.441. The number of rotatable bonds is 7. The lowest BCUT2D eigenvalue weighted by Gasteiger charge is -2.36. The van der Waals surface area contributed by atoms with Crippen LogP contribution in [0, 0.1) is 5.82 Å². The van der Waals surface area contributed by atoms with Gasteiger partial charge in [-0.15, -0.1) is 5.10 Å². The standard InChI is InChI=1S/C25H26FN7O3/c1-36-21-4-2-3-20(13-21)30-9-11-31(12-10-30)22-14-23-29-33(25(35)32(23)17-28-22)16-24(34)27-15-18-5-7-19(26)8-6-18/h2-8,13-14,17H,9-12,15-16H2,1H3,(H,27,34). The van der Waals surface area contributed by atoms with Crippen LogP contribution in [0.4, 0.5) is 15.9 Å². The number of piperazine rings is 1. The summed E-state index contributed by atoms with van der Waals surface area (Å²) >= 11 is 0. The fourth-order valence-corrected chi connectivity index (χ4v) is 4.19. The minimum Gasteiger partial charge on any atom is -0.497 e. The van der Waals surface area contributed by atoms with Crippen molar-refractivity contribution < 1.29 is 13.9 Å². The fraction of sp³-hybridized carbons (Fsp3) is 0.280. The number of hydrogen-bond acceptors (Lipinski definition) is 7. The number of fused-ring (bicyclic) bond motifs is 1. The summed E-state index contributed by atoms with van der Waals surface area (Å²) in [7, 11) is 1.66. The average Bonchev–Trinajstić information content (AvgIpc) is 3.22. The second-order valence-electron chi connectivity index (χ2n) is 8.49. The quantitative estimate of drug-likeness (QED) is 0.420. The SMILES string of the molecule is COc1cccc(N2CCN(c3cc4nn(CC(=O)NCc5ccc(F)cc5)c(=O)n4cn3)CC2)c1. The number of ether oxygens (including phenoxy) is 1. The lowest BCUT2D eigenvalue weighted by molar-refractivity contribution is -0.122. The maximum atomic E-state index is 13.0. The number of methoxy groups -OCH3 is 1. The predicted octanol–water partition coefficient (Wildman–Crippen LogP) is 1.68. The van der Waals surface area contributed by atoms with Gasteiger partial charge in [0.05, 0.1) is 7.11 Å². The highest BCUT2D eigenvalue weighted by Crippen LogP contribution is 2.23. The molecule has 4 aromatic rings. The molecule has 1 amide bonds. The summed E-state index contributed by atoms with van der Waals surface area (Å²) in [6, 6.07) is 15.6. The van der Waals surface area contributed by atoms with Crippen molar-refractivity contribution in [2.75, 3.05) is 43.1 Å². The highest BCUT2D eigenvalue weighted by atomic mass is 19.1. The first-order valence-electron chi connectivity index (χ1n) is 11.6. The van der Waals surface area contributed by atoms with Crippen molar-refractivity contribution >= 4 is 23.1 Å². The number of carbonyl (C=O) groups excluding carboxylic acids is 1. The summed E-state index contributed by atoms with van der Waals surface area (Å²) in [5, 5.41) is 7.04. The van der Waals surface area contributed by atoms with E-state index >= 15 is 0 Å². The summed E-state index contributed by atoms with van der Waals surface area (Å²) in [6.07, 6.45) is 1.45. The smallest absolute Gasteiger partial charge is 0.352 e. The molecule has 36 heavy (non-hydrogen) atoms. The Kier molecular flexibility index (Phi) is 6.52. The molecule has 0 bridgehead atoms. The predicted molar refractivity (Wildman–Crippen MR) is 133 cm³/mol. The van der Waals surface area contributed by atoms with Crippen molar-refractivity contribution in [3.05, 3.63) is 82.8 Å². The summed E-state index contributed by atoms with van der Waals surface area (Å²) in [6.45, 7) is 3.16. The van der Waals surface area contributed by atoms with Gasteiger partial charge < -0.3 is 19.9 Å². The highest BCUT2D eigenvalue weighted by Gasteiger charge is 2.20. The van der Waals surface area contributed by atoms with Crippen molar-refractivity contribution in [1.82, 2.24) is 24.5 Å². The summed E-state index contributed by atoms with van der Waals surface area (Å²) in [5.41, 5.74) is 1.85. The second-order valence-corrected chi connectivity index (χ2v) is 8.49. The van der Waals surface area contributed by atoms with E-state index < -0.39 is 5.69 Å². The molecule has 2 aromatic heterocycles. The van der Waals surface area contributed by atoms with E-state index in [0.717, 1.165) is 53.7 Å². The van der Waals surface area contributed by atoms with E-state index in [4.69, 9.17) is 4.74 Å². The zero-order valence-corrected chi connectivity index (χ0v) is 19.8. The zero-order chi connectivity index (χ0) is 25.1. The number of nitrogens with one attached hydrogen (secondary N) is 1. The van der Waals surface area contributed by atoms with Crippen molar-refractivity contribution in [2.24, 2.45) is 0 Å². The van der Waals surface area contributed by atoms with Gasteiger partial charge in [0.25, 0.3) is 0 Å². The van der Waals surface area contributed by atoms with Gasteiger partial charge in [0, 0.05) is 50.5 Å². The number of nitrogens with zero attached hydrogens (tertiary/aromatic N) is 6. The molecule has 1 N–H and O–H groups in total. The topological polar surface area (TPSA) is 97.0 Å². The molecular weight excluding hydrogens is 465 g/mol. The molecule has 0 atom stereocenters. The number of carbonyl (C=O) groups is 1. The number of anilines is 2. The molecule has 1 aliphatic heterocycles. The average molecular weight is 492 g/mol. The van der Waals surface area contributed by atoms with Gasteiger partial charge in [-0.05, 0) is 29.8 Å². The Bertz CT molecular complexity index is 1430. The number of halogens is 1. The van der Waals surface area contributed by atoms with Gasteiger partial charge >= 0.3 is 5.69 Å². The van der Waals surface area contributed by atoms with Crippen LogP contribution in [0.2, 0.25) is 0 Å². The number of amides is 1. The van der Waals surface area contributed by atoms with Crippen LogP contribution in [0.5, 0.6) is 5.75 Å². The Labute approximate surface area is 206 Å². The van der Waals surface area contributed by atoms with Gasteiger partial charge in [-0.3, -0.25) is 4.79 Å². The normalized spacial score (nSPS) is 13.7. The van der Waals surface area contributed by atoms with Gasteiger partial charge in [-0.25, -0.2) is 23.3 Å². The summed E-state index contributed by atoms with van der Waals surface area (Å²) < 4.78 is 20.8. The summed E-state index contributed by atoms with van der Waals surface area (Å²) in [4.78, 5) is 33.9. The molecular formula is C25H26FN7O3. The lowest BCUT2D eigenvalue weighted by Crippen LogP contribution is -2.46. The molecule has 0 saturated carbocycles. The summed E-state index contributed by atoms with van der Waals surface area (Å²) in [5.74, 6) is 0.845. The molecule has 11 heteroatoms. The van der Waals surface area contributed by atoms with Crippen molar-refractivity contribution in [1.29, 1.82) is 0 Å². The van der Waals surface area contributed by atoms with Gasteiger partial charge in [-0.2, -0.15) is 0 Å². The van der Waals surface area contributed by atoms with Crippen LogP contribution in [0.25, 0.3) is 5.65 Å². The van der Waals surface area contributed by atoms with Gasteiger partial charge in [-0.1, -0.05) is 18.2 Å². The van der Waals surface area contributed by atoms with Crippen LogP contribution in [-0.2, 0) is 17.9 Å². The third-order valence-corrected chi connectivity index (χ3v) is 6.18. The first-order valence-corrected chi connectivity index (χ1v) is 11.6. The molecule has 1 saturated heterocycles. The third kappa shape index (κ3) is 4.99. The van der Waals surface area contributed by atoms with Crippen molar-refractivity contribution in [2.45, 2.75) is 13.1 Å². The highest BCUT2D eigenvalue weighted by molar-refractivity contribution is 5.75. The maximum Gasteiger partial charge on any atom is 0.352 e. The zero-order valence-electron chi connectivity index (χ0n) is 19.8. The van der Waals surface area contributed by atoms with Crippen LogP contribution in [0.1, 0.15) is 5.56 Å². The van der Waals surface area contributed by atoms with E-state index in [1.807, 2.05) is 18.2 Å². The maximum absolute atomic E-state index is 13.0. The first-order chi connectivity index (χ1) is 17.5. The second kappa shape index (κ2) is 10.1. The molecule has 0 radical (unpaired) electrons. The molecule has 0 spiro atoms. The Morgan fingerprint density at radius 2 is 1.81 bits per heavy atom. The molecule has 1 aliphatic rings. The minimum absolute atomic E-state index is 0.226. The Balaban J connectivity index is 1.23. The lowest BCUT2D eigenvalue weighted by atomic mass is 10.2. The van der Waals surface area contributed by atoms with Gasteiger partial charge in [0.2, 0.25) is 5.91 Å². The van der Waals surface area contributed by atoms with E-state index in [-0.39, 0.29) is 24.8 Å². The Morgan fingerprint density at radius 3 is 2.56 bits per heavy atom. The largest absolute Gasteiger partial charge is 0.497 e. The number of benzene rings is 2. The monoisotopic (exact) mass is 491 g/mol. The van der Waals surface area contributed by atoms with Gasteiger partial charge in [0.1, 0.15) is 30.3 Å². The molecule has 1 fully saturated rings. The van der Waals surface area contributed by atoms with E-state index in [0.29, 0.717) is 5.65 Å². The molecule has 5 rings (SSSR count). The fourth-order valence-electron chi connectivity index (χ4n) is 4.19. The molecule has 2 aromatic carbocycles. The van der Waals surface area contributed by atoms with Crippen molar-refractivity contribution in [3.8, 4) is 5.75 Å². The Morgan fingerprint density at radius 1 is 1.06 bits per heavy atom. The Hall–Kier alpha value is -4.41. The van der Waals surface area contributed by atoms with Crippen LogP contribution in [0.3, 0.4) is 0 Å². The van der Waals surface area contributed by atoms with E-state index in [2.05, 4.69) is 31.3 Å². The van der Waals surface area contributed by atoms with E-state index in [1.54, 1.807) is 25.3 Å². The van der Waals surface area contributed by atoms with E-state index in [9.17, 15) is 14.0 Å². The van der Waals surface area contributed by atoms with Crippen molar-refractivity contribution in [3.63, 3.8) is 0 Å². The van der Waals surface area contributed by atoms with Crippen LogP contribution in [0.15, 0.2) is 65.7 Å². The third-order valence-electron chi connectivity index (χ3n) is 6.18. The first kappa shape index (κ1) is 23.3. The molecule has 10 nitrogen and oxygen atoms in total.